The van der Waals surface area contributed by atoms with Crippen LogP contribution in [0.15, 0.2) is 41.9 Å². The highest BCUT2D eigenvalue weighted by Crippen LogP contribution is 2.27. The molecule has 1 aromatic heterocycles. The molecule has 6 heteroatoms. The first-order valence-corrected chi connectivity index (χ1v) is 9.19. The Balaban J connectivity index is 1.64. The van der Waals surface area contributed by atoms with Crippen molar-refractivity contribution in [2.24, 2.45) is 10.9 Å². The zero-order valence-electron chi connectivity index (χ0n) is 16.1. The molecule has 26 heavy (non-hydrogen) atoms. The fourth-order valence-electron chi connectivity index (χ4n) is 3.66. The molecule has 0 bridgehead atoms. The van der Waals surface area contributed by atoms with Crippen molar-refractivity contribution in [1.82, 2.24) is 19.8 Å². The van der Waals surface area contributed by atoms with Crippen molar-refractivity contribution in [2.75, 3.05) is 27.2 Å². The molecular formula is C20H29N5O. The summed E-state index contributed by atoms with van der Waals surface area (Å²) < 4.78 is 7.56. The highest BCUT2D eigenvalue weighted by molar-refractivity contribution is 5.80. The molecule has 1 aliphatic heterocycles. The molecule has 0 saturated carbocycles. The number of nitrogens with zero attached hydrogens (tertiary/aromatic N) is 4. The van der Waals surface area contributed by atoms with E-state index in [9.17, 15) is 0 Å². The van der Waals surface area contributed by atoms with Gasteiger partial charge in [0.2, 0.25) is 0 Å². The number of piperidine rings is 1. The Bertz CT molecular complexity index is 741. The van der Waals surface area contributed by atoms with Gasteiger partial charge in [0.15, 0.2) is 5.96 Å². The quantitative estimate of drug-likeness (QED) is 0.677. The lowest BCUT2D eigenvalue weighted by Crippen LogP contribution is -2.48. The standard InChI is InChI=1S/C20H29N5O/c1-15-7-9-24(13-18(15)25-10-8-22-14-25)20(21-3)23-12-17-5-6-19(26-4)16(2)11-17/h5-6,8,10-11,14-15,18H,7,9,12-13H2,1-4H3,(H,21,23). The Labute approximate surface area is 155 Å². The van der Waals surface area contributed by atoms with Crippen LogP contribution in [0.25, 0.3) is 0 Å². The van der Waals surface area contributed by atoms with Crippen molar-refractivity contribution in [1.29, 1.82) is 0 Å². The molecular weight excluding hydrogens is 326 g/mol. The summed E-state index contributed by atoms with van der Waals surface area (Å²) in [4.78, 5) is 11.1. The van der Waals surface area contributed by atoms with E-state index in [1.54, 1.807) is 7.11 Å². The summed E-state index contributed by atoms with van der Waals surface area (Å²) in [6.07, 6.45) is 6.97. The Morgan fingerprint density at radius 3 is 2.92 bits per heavy atom. The molecule has 2 unspecified atom stereocenters. The van der Waals surface area contributed by atoms with Gasteiger partial charge in [-0.3, -0.25) is 4.99 Å². The smallest absolute Gasteiger partial charge is 0.193 e. The number of hydrogen-bond acceptors (Lipinski definition) is 3. The number of hydrogen-bond donors (Lipinski definition) is 1. The topological polar surface area (TPSA) is 54.7 Å². The maximum Gasteiger partial charge on any atom is 0.193 e. The third-order valence-corrected chi connectivity index (χ3v) is 5.25. The molecule has 3 rings (SSSR count). The van der Waals surface area contributed by atoms with Gasteiger partial charge >= 0.3 is 0 Å². The van der Waals surface area contributed by atoms with Gasteiger partial charge in [-0.25, -0.2) is 4.98 Å². The number of aromatic nitrogens is 2. The number of rotatable bonds is 4. The van der Waals surface area contributed by atoms with Gasteiger partial charge < -0.3 is 19.5 Å². The number of imidazole rings is 1. The van der Waals surface area contributed by atoms with Crippen LogP contribution in [0, 0.1) is 12.8 Å². The Morgan fingerprint density at radius 2 is 2.27 bits per heavy atom. The maximum atomic E-state index is 5.34. The van der Waals surface area contributed by atoms with E-state index in [1.807, 2.05) is 25.6 Å². The van der Waals surface area contributed by atoms with Crippen LogP contribution in [0.4, 0.5) is 0 Å². The second kappa shape index (κ2) is 8.25. The van der Waals surface area contributed by atoms with Gasteiger partial charge in [-0.05, 0) is 36.5 Å². The van der Waals surface area contributed by atoms with E-state index in [2.05, 4.69) is 56.9 Å². The summed E-state index contributed by atoms with van der Waals surface area (Å²) in [5.74, 6) is 2.50. The molecule has 0 radical (unpaired) electrons. The molecule has 2 heterocycles. The largest absolute Gasteiger partial charge is 0.496 e. The molecule has 2 atom stereocenters. The lowest BCUT2D eigenvalue weighted by molar-refractivity contribution is 0.189. The first-order valence-electron chi connectivity index (χ1n) is 9.19. The van der Waals surface area contributed by atoms with Crippen LogP contribution >= 0.6 is 0 Å². The molecule has 1 saturated heterocycles. The second-order valence-corrected chi connectivity index (χ2v) is 6.99. The number of likely N-dealkylation sites (tertiary alicyclic amines) is 1. The minimum atomic E-state index is 0.424. The summed E-state index contributed by atoms with van der Waals surface area (Å²) in [6.45, 7) is 7.10. The summed E-state index contributed by atoms with van der Waals surface area (Å²) in [6, 6.07) is 6.70. The van der Waals surface area contributed by atoms with Gasteiger partial charge in [-0.1, -0.05) is 19.1 Å². The third-order valence-electron chi connectivity index (χ3n) is 5.25. The Hall–Kier alpha value is -2.50. The minimum Gasteiger partial charge on any atom is -0.496 e. The van der Waals surface area contributed by atoms with Crippen molar-refractivity contribution in [3.63, 3.8) is 0 Å². The summed E-state index contributed by atoms with van der Waals surface area (Å²) in [5, 5.41) is 3.51. The zero-order valence-corrected chi connectivity index (χ0v) is 16.1. The van der Waals surface area contributed by atoms with Crippen LogP contribution in [0.1, 0.15) is 30.5 Å². The first kappa shape index (κ1) is 18.3. The number of aliphatic imine (C=N–C) groups is 1. The fraction of sp³-hybridized carbons (Fsp3) is 0.500. The maximum absolute atomic E-state index is 5.34. The molecule has 1 N–H and O–H groups in total. The average Bonchev–Trinajstić information content (AvgIpc) is 3.18. The van der Waals surface area contributed by atoms with E-state index in [1.165, 1.54) is 5.56 Å². The van der Waals surface area contributed by atoms with Gasteiger partial charge in [0.1, 0.15) is 5.75 Å². The van der Waals surface area contributed by atoms with E-state index in [-0.39, 0.29) is 0 Å². The highest BCUT2D eigenvalue weighted by atomic mass is 16.5. The van der Waals surface area contributed by atoms with Crippen molar-refractivity contribution < 1.29 is 4.74 Å². The monoisotopic (exact) mass is 355 g/mol. The van der Waals surface area contributed by atoms with Crippen LogP contribution in [0.5, 0.6) is 5.75 Å². The SMILES string of the molecule is CN=C(NCc1ccc(OC)c(C)c1)N1CCC(C)C(n2ccnc2)C1. The van der Waals surface area contributed by atoms with Crippen molar-refractivity contribution in [2.45, 2.75) is 32.9 Å². The molecule has 6 nitrogen and oxygen atoms in total. The summed E-state index contributed by atoms with van der Waals surface area (Å²) >= 11 is 0. The van der Waals surface area contributed by atoms with E-state index in [4.69, 9.17) is 4.74 Å². The second-order valence-electron chi connectivity index (χ2n) is 6.99. The lowest BCUT2D eigenvalue weighted by Gasteiger charge is -2.39. The van der Waals surface area contributed by atoms with Crippen LogP contribution in [0.2, 0.25) is 0 Å². The lowest BCUT2D eigenvalue weighted by atomic mass is 9.93. The number of guanidine groups is 1. The minimum absolute atomic E-state index is 0.424. The average molecular weight is 355 g/mol. The van der Waals surface area contributed by atoms with E-state index in [0.29, 0.717) is 12.0 Å². The Kier molecular flexibility index (Phi) is 5.81. The van der Waals surface area contributed by atoms with E-state index >= 15 is 0 Å². The van der Waals surface area contributed by atoms with Gasteiger partial charge in [-0.2, -0.15) is 0 Å². The fourth-order valence-corrected chi connectivity index (χ4v) is 3.66. The van der Waals surface area contributed by atoms with Crippen LogP contribution in [-0.2, 0) is 6.54 Å². The summed E-state index contributed by atoms with van der Waals surface area (Å²) in [7, 11) is 3.56. The number of benzene rings is 1. The summed E-state index contributed by atoms with van der Waals surface area (Å²) in [5.41, 5.74) is 2.37. The molecule has 1 aromatic carbocycles. The van der Waals surface area contributed by atoms with Gasteiger partial charge in [0.05, 0.1) is 19.5 Å². The molecule has 1 fully saturated rings. The zero-order chi connectivity index (χ0) is 18.5. The van der Waals surface area contributed by atoms with Gasteiger partial charge in [0.25, 0.3) is 0 Å². The molecule has 0 amide bonds. The Morgan fingerprint density at radius 1 is 1.42 bits per heavy atom. The highest BCUT2D eigenvalue weighted by Gasteiger charge is 2.28. The number of methoxy groups -OCH3 is 1. The number of aryl methyl sites for hydroxylation is 1. The van der Waals surface area contributed by atoms with Gasteiger partial charge in [0, 0.05) is 39.1 Å². The number of nitrogens with one attached hydrogen (secondary N) is 1. The third kappa shape index (κ3) is 4.00. The van der Waals surface area contributed by atoms with Crippen molar-refractivity contribution >= 4 is 5.96 Å². The van der Waals surface area contributed by atoms with Gasteiger partial charge in [-0.15, -0.1) is 0 Å². The van der Waals surface area contributed by atoms with Crippen molar-refractivity contribution in [3.05, 3.63) is 48.0 Å². The van der Waals surface area contributed by atoms with E-state index in [0.717, 1.165) is 43.3 Å². The predicted octanol–water partition coefficient (Wildman–Crippen LogP) is 2.86. The molecule has 0 aliphatic carbocycles. The molecule has 0 spiro atoms. The normalized spacial score (nSPS) is 20.9. The van der Waals surface area contributed by atoms with E-state index < -0.39 is 0 Å². The molecule has 1 aliphatic rings. The van der Waals surface area contributed by atoms with Crippen LogP contribution < -0.4 is 10.1 Å². The molecule has 2 aromatic rings. The van der Waals surface area contributed by atoms with Crippen LogP contribution in [-0.4, -0.2) is 47.7 Å². The number of ether oxygens (including phenoxy) is 1. The predicted molar refractivity (Wildman–Crippen MR) is 105 cm³/mol. The molecule has 140 valence electrons. The van der Waals surface area contributed by atoms with Crippen molar-refractivity contribution in [3.8, 4) is 5.75 Å². The first-order chi connectivity index (χ1) is 12.6. The van der Waals surface area contributed by atoms with Crippen LogP contribution in [0.3, 0.4) is 0 Å².